The number of aryl methyl sites for hydroxylation is 2. The van der Waals surface area contributed by atoms with E-state index in [1.165, 1.54) is 0 Å². The van der Waals surface area contributed by atoms with Crippen LogP contribution in [0.25, 0.3) is 10.9 Å². The van der Waals surface area contributed by atoms with Gasteiger partial charge < -0.3 is 4.98 Å². The summed E-state index contributed by atoms with van der Waals surface area (Å²) < 4.78 is 0. The molecule has 20 heavy (non-hydrogen) atoms. The predicted molar refractivity (Wildman–Crippen MR) is 82.7 cm³/mol. The molecular formula is C17H14ClNO. The first kappa shape index (κ1) is 12.9. The smallest absolute Gasteiger partial charge is 0.195 e. The van der Waals surface area contributed by atoms with Gasteiger partial charge in [-0.05, 0) is 49.2 Å². The van der Waals surface area contributed by atoms with E-state index in [1.54, 1.807) is 18.3 Å². The molecule has 3 aromatic rings. The molecular weight excluding hydrogens is 270 g/mol. The standard InChI is InChI=1S/C17H14ClNO/c1-10-4-3-5-15-16(10)14(9-19-15)17(20)13-7-6-12(18)8-11(13)2/h3-9,19H,1-2H3. The van der Waals surface area contributed by atoms with Crippen LogP contribution in [0.2, 0.25) is 5.02 Å². The second-order valence-electron chi connectivity index (χ2n) is 4.99. The zero-order valence-electron chi connectivity index (χ0n) is 11.3. The third-order valence-corrected chi connectivity index (χ3v) is 3.83. The second-order valence-corrected chi connectivity index (χ2v) is 5.42. The number of aromatic nitrogens is 1. The van der Waals surface area contributed by atoms with Gasteiger partial charge in [-0.25, -0.2) is 0 Å². The molecule has 0 aliphatic heterocycles. The van der Waals surface area contributed by atoms with Gasteiger partial charge >= 0.3 is 0 Å². The number of carbonyl (C=O) groups is 1. The molecule has 3 rings (SSSR count). The zero-order valence-corrected chi connectivity index (χ0v) is 12.1. The van der Waals surface area contributed by atoms with Gasteiger partial charge in [0, 0.05) is 33.2 Å². The molecule has 0 unspecified atom stereocenters. The van der Waals surface area contributed by atoms with Gasteiger partial charge in [-0.15, -0.1) is 0 Å². The molecule has 2 aromatic carbocycles. The van der Waals surface area contributed by atoms with E-state index in [-0.39, 0.29) is 5.78 Å². The molecule has 0 atom stereocenters. The fourth-order valence-corrected chi connectivity index (χ4v) is 2.80. The Morgan fingerprint density at radius 2 is 1.85 bits per heavy atom. The van der Waals surface area contributed by atoms with Gasteiger partial charge in [-0.1, -0.05) is 23.7 Å². The first-order chi connectivity index (χ1) is 9.58. The molecule has 0 fully saturated rings. The van der Waals surface area contributed by atoms with Gasteiger partial charge in [-0.3, -0.25) is 4.79 Å². The van der Waals surface area contributed by atoms with Crippen LogP contribution in [0.1, 0.15) is 27.0 Å². The Balaban J connectivity index is 2.18. The van der Waals surface area contributed by atoms with Crippen molar-refractivity contribution in [2.24, 2.45) is 0 Å². The summed E-state index contributed by atoms with van der Waals surface area (Å²) in [5.41, 5.74) is 4.38. The SMILES string of the molecule is Cc1cc(Cl)ccc1C(=O)c1c[nH]c2cccc(C)c12. The van der Waals surface area contributed by atoms with Crippen LogP contribution < -0.4 is 0 Å². The maximum Gasteiger partial charge on any atom is 0.195 e. The summed E-state index contributed by atoms with van der Waals surface area (Å²) in [6.07, 6.45) is 1.79. The summed E-state index contributed by atoms with van der Waals surface area (Å²) >= 11 is 5.95. The number of halogens is 1. The summed E-state index contributed by atoms with van der Waals surface area (Å²) in [5, 5.41) is 1.64. The lowest BCUT2D eigenvalue weighted by Crippen LogP contribution is -2.03. The van der Waals surface area contributed by atoms with Crippen molar-refractivity contribution in [1.29, 1.82) is 0 Å². The average molecular weight is 284 g/mol. The van der Waals surface area contributed by atoms with Crippen LogP contribution in [0.4, 0.5) is 0 Å². The highest BCUT2D eigenvalue weighted by Gasteiger charge is 2.17. The Kier molecular flexibility index (Phi) is 3.11. The third kappa shape index (κ3) is 2.02. The van der Waals surface area contributed by atoms with E-state index >= 15 is 0 Å². The molecule has 0 bridgehead atoms. The van der Waals surface area contributed by atoms with E-state index in [0.717, 1.165) is 22.0 Å². The first-order valence-corrected chi connectivity index (χ1v) is 6.83. The van der Waals surface area contributed by atoms with E-state index in [0.29, 0.717) is 16.1 Å². The number of nitrogens with one attached hydrogen (secondary N) is 1. The number of H-pyrrole nitrogens is 1. The first-order valence-electron chi connectivity index (χ1n) is 6.45. The summed E-state index contributed by atoms with van der Waals surface area (Å²) in [4.78, 5) is 15.9. The molecule has 3 heteroatoms. The van der Waals surface area contributed by atoms with Crippen molar-refractivity contribution >= 4 is 28.3 Å². The van der Waals surface area contributed by atoms with Crippen molar-refractivity contribution in [2.45, 2.75) is 13.8 Å². The Labute approximate surface area is 122 Å². The lowest BCUT2D eigenvalue weighted by molar-refractivity contribution is 0.103. The highest BCUT2D eigenvalue weighted by atomic mass is 35.5. The molecule has 0 aliphatic rings. The topological polar surface area (TPSA) is 32.9 Å². The predicted octanol–water partition coefficient (Wildman–Crippen LogP) is 4.67. The van der Waals surface area contributed by atoms with Crippen molar-refractivity contribution in [2.75, 3.05) is 0 Å². The Morgan fingerprint density at radius 3 is 2.60 bits per heavy atom. The van der Waals surface area contributed by atoms with E-state index in [1.807, 2.05) is 38.1 Å². The van der Waals surface area contributed by atoms with E-state index in [4.69, 9.17) is 11.6 Å². The minimum Gasteiger partial charge on any atom is -0.360 e. The van der Waals surface area contributed by atoms with Crippen molar-refractivity contribution in [3.8, 4) is 0 Å². The van der Waals surface area contributed by atoms with Gasteiger partial charge in [0.1, 0.15) is 0 Å². The number of hydrogen-bond donors (Lipinski definition) is 1. The zero-order chi connectivity index (χ0) is 14.3. The summed E-state index contributed by atoms with van der Waals surface area (Å²) in [6.45, 7) is 3.92. The molecule has 100 valence electrons. The Morgan fingerprint density at radius 1 is 1.05 bits per heavy atom. The molecule has 0 saturated carbocycles. The highest BCUT2D eigenvalue weighted by molar-refractivity contribution is 6.31. The molecule has 2 nitrogen and oxygen atoms in total. The molecule has 0 amide bonds. The quantitative estimate of drug-likeness (QED) is 0.681. The third-order valence-electron chi connectivity index (χ3n) is 3.59. The molecule has 1 aromatic heterocycles. The van der Waals surface area contributed by atoms with Gasteiger partial charge in [0.25, 0.3) is 0 Å². The molecule has 1 heterocycles. The second kappa shape index (κ2) is 4.80. The Hall–Kier alpha value is -2.06. The number of carbonyl (C=O) groups excluding carboxylic acids is 1. The van der Waals surface area contributed by atoms with E-state index < -0.39 is 0 Å². The van der Waals surface area contributed by atoms with E-state index in [2.05, 4.69) is 4.98 Å². The highest BCUT2D eigenvalue weighted by Crippen LogP contribution is 2.26. The number of rotatable bonds is 2. The fourth-order valence-electron chi connectivity index (χ4n) is 2.57. The number of aromatic amines is 1. The molecule has 1 N–H and O–H groups in total. The van der Waals surface area contributed by atoms with Crippen molar-refractivity contribution in [1.82, 2.24) is 4.98 Å². The van der Waals surface area contributed by atoms with Crippen LogP contribution in [0.15, 0.2) is 42.6 Å². The van der Waals surface area contributed by atoms with Gasteiger partial charge in [0.2, 0.25) is 0 Å². The molecule has 0 spiro atoms. The summed E-state index contributed by atoms with van der Waals surface area (Å²) in [6, 6.07) is 11.3. The lowest BCUT2D eigenvalue weighted by atomic mass is 9.97. The minimum atomic E-state index is 0.0275. The van der Waals surface area contributed by atoms with Crippen molar-refractivity contribution in [3.63, 3.8) is 0 Å². The molecule has 0 radical (unpaired) electrons. The van der Waals surface area contributed by atoms with Gasteiger partial charge in [-0.2, -0.15) is 0 Å². The summed E-state index contributed by atoms with van der Waals surface area (Å²) in [7, 11) is 0. The van der Waals surface area contributed by atoms with Crippen molar-refractivity contribution in [3.05, 3.63) is 69.9 Å². The lowest BCUT2D eigenvalue weighted by Gasteiger charge is -2.05. The normalized spacial score (nSPS) is 10.9. The minimum absolute atomic E-state index is 0.0275. The van der Waals surface area contributed by atoms with Crippen LogP contribution in [-0.2, 0) is 0 Å². The van der Waals surface area contributed by atoms with E-state index in [9.17, 15) is 4.79 Å². The molecule has 0 aliphatic carbocycles. The number of ketones is 1. The van der Waals surface area contributed by atoms with Gasteiger partial charge in [0.15, 0.2) is 5.78 Å². The Bertz CT molecular complexity index is 817. The number of hydrogen-bond acceptors (Lipinski definition) is 1. The van der Waals surface area contributed by atoms with Crippen LogP contribution in [0.3, 0.4) is 0 Å². The largest absolute Gasteiger partial charge is 0.360 e. The van der Waals surface area contributed by atoms with Crippen molar-refractivity contribution < 1.29 is 4.79 Å². The van der Waals surface area contributed by atoms with Crippen LogP contribution in [0.5, 0.6) is 0 Å². The maximum absolute atomic E-state index is 12.7. The molecule has 0 saturated heterocycles. The fraction of sp³-hybridized carbons (Fsp3) is 0.118. The van der Waals surface area contributed by atoms with Gasteiger partial charge in [0.05, 0.1) is 0 Å². The van der Waals surface area contributed by atoms with Crippen LogP contribution in [0, 0.1) is 13.8 Å². The maximum atomic E-state index is 12.7. The number of fused-ring (bicyclic) bond motifs is 1. The van der Waals surface area contributed by atoms with Crippen LogP contribution in [-0.4, -0.2) is 10.8 Å². The average Bonchev–Trinajstić information content (AvgIpc) is 2.83. The monoisotopic (exact) mass is 283 g/mol. The number of benzene rings is 2. The van der Waals surface area contributed by atoms with Crippen LogP contribution >= 0.6 is 11.6 Å². The summed E-state index contributed by atoms with van der Waals surface area (Å²) in [5.74, 6) is 0.0275.